The van der Waals surface area contributed by atoms with Crippen molar-refractivity contribution in [3.63, 3.8) is 0 Å². The molecule has 0 radical (unpaired) electrons. The van der Waals surface area contributed by atoms with E-state index in [0.717, 1.165) is 26.9 Å². The molecule has 2 aromatic carbocycles. The predicted octanol–water partition coefficient (Wildman–Crippen LogP) is 5.28. The number of carbonyl (C=O) groups is 1. The smallest absolute Gasteiger partial charge is 0.252 e. The molecule has 29 heavy (non-hydrogen) atoms. The maximum Gasteiger partial charge on any atom is 0.252 e. The molecule has 0 spiro atoms. The number of halogens is 1. The molecule has 5 nitrogen and oxygen atoms in total. The van der Waals surface area contributed by atoms with Crippen LogP contribution in [0.15, 0.2) is 51.9 Å². The van der Waals surface area contributed by atoms with Crippen LogP contribution in [0.2, 0.25) is 0 Å². The Bertz CT molecular complexity index is 1060. The van der Waals surface area contributed by atoms with Gasteiger partial charge < -0.3 is 15.2 Å². The Labute approximate surface area is 182 Å². The van der Waals surface area contributed by atoms with Crippen LogP contribution in [0, 0.1) is 6.92 Å². The first-order valence-corrected chi connectivity index (χ1v) is 10.5. The number of benzene rings is 2. The van der Waals surface area contributed by atoms with Gasteiger partial charge in [-0.25, -0.2) is 4.99 Å². The van der Waals surface area contributed by atoms with Gasteiger partial charge in [0.2, 0.25) is 0 Å². The summed E-state index contributed by atoms with van der Waals surface area (Å²) in [7, 11) is 3.18. The zero-order valence-electron chi connectivity index (χ0n) is 16.4. The highest BCUT2D eigenvalue weighted by atomic mass is 79.9. The predicted molar refractivity (Wildman–Crippen MR) is 121 cm³/mol. The van der Waals surface area contributed by atoms with Crippen LogP contribution in [0.5, 0.6) is 11.5 Å². The van der Waals surface area contributed by atoms with Crippen molar-refractivity contribution in [2.24, 2.45) is 10.7 Å². The number of thiophene rings is 1. The van der Waals surface area contributed by atoms with Crippen LogP contribution in [-0.2, 0) is 6.42 Å². The first-order valence-electron chi connectivity index (χ1n) is 8.86. The lowest BCUT2D eigenvalue weighted by molar-refractivity contribution is 0.100. The summed E-state index contributed by atoms with van der Waals surface area (Å²) in [5.74, 6) is 0.800. The van der Waals surface area contributed by atoms with E-state index >= 15 is 0 Å². The number of amides is 1. The van der Waals surface area contributed by atoms with Crippen LogP contribution in [0.4, 0.5) is 5.00 Å². The number of primary amides is 1. The third-order valence-electron chi connectivity index (χ3n) is 4.51. The number of nitrogens with zero attached hydrogens (tertiary/aromatic N) is 1. The van der Waals surface area contributed by atoms with E-state index in [9.17, 15) is 4.79 Å². The molecule has 1 heterocycles. The first-order chi connectivity index (χ1) is 13.9. The largest absolute Gasteiger partial charge is 0.496 e. The molecule has 7 heteroatoms. The van der Waals surface area contributed by atoms with E-state index in [1.54, 1.807) is 26.5 Å². The lowest BCUT2D eigenvalue weighted by Gasteiger charge is -2.09. The summed E-state index contributed by atoms with van der Waals surface area (Å²) >= 11 is 4.95. The maximum atomic E-state index is 12.1. The highest BCUT2D eigenvalue weighted by molar-refractivity contribution is 9.10. The summed E-state index contributed by atoms with van der Waals surface area (Å²) in [5, 5.41) is 0.593. The fourth-order valence-electron chi connectivity index (χ4n) is 2.99. The quantitative estimate of drug-likeness (QED) is 0.475. The van der Waals surface area contributed by atoms with Gasteiger partial charge in [-0.2, -0.15) is 0 Å². The van der Waals surface area contributed by atoms with E-state index in [4.69, 9.17) is 15.2 Å². The monoisotopic (exact) mass is 472 g/mol. The minimum atomic E-state index is -0.479. The summed E-state index contributed by atoms with van der Waals surface area (Å²) in [4.78, 5) is 17.7. The number of aliphatic imine (C=N–C) groups is 1. The van der Waals surface area contributed by atoms with Crippen LogP contribution in [0.1, 0.15) is 31.9 Å². The molecule has 150 valence electrons. The Morgan fingerprint density at radius 3 is 2.48 bits per heavy atom. The van der Waals surface area contributed by atoms with Crippen molar-refractivity contribution in [3.05, 3.63) is 74.1 Å². The molecule has 0 bridgehead atoms. The van der Waals surface area contributed by atoms with E-state index in [1.807, 2.05) is 31.2 Å². The summed E-state index contributed by atoms with van der Waals surface area (Å²) < 4.78 is 11.5. The second kappa shape index (κ2) is 9.24. The molecule has 0 aliphatic rings. The standard InChI is InChI=1S/C22H21BrN2O3S/c1-13-19(9-14-7-5-4-6-8-14)29-22(20(13)21(24)26)25-12-15-10-16(23)18(28-3)11-17(15)27-2/h4-8,10-12H,9H2,1-3H3,(H2,24,26). The Morgan fingerprint density at radius 2 is 1.86 bits per heavy atom. The zero-order chi connectivity index (χ0) is 21.0. The van der Waals surface area contributed by atoms with Gasteiger partial charge in [0.1, 0.15) is 16.5 Å². The summed E-state index contributed by atoms with van der Waals surface area (Å²) in [6, 6.07) is 13.7. The molecule has 1 aromatic heterocycles. The van der Waals surface area contributed by atoms with Crippen LogP contribution in [0.3, 0.4) is 0 Å². The van der Waals surface area contributed by atoms with Gasteiger partial charge in [0.25, 0.3) is 5.91 Å². The zero-order valence-corrected chi connectivity index (χ0v) is 18.8. The number of hydrogen-bond donors (Lipinski definition) is 1. The SMILES string of the molecule is COc1cc(OC)c(C=Nc2sc(Cc3ccccc3)c(C)c2C(N)=O)cc1Br. The van der Waals surface area contributed by atoms with Gasteiger partial charge in [0.05, 0.1) is 24.3 Å². The lowest BCUT2D eigenvalue weighted by atomic mass is 10.1. The fourth-order valence-corrected chi connectivity index (χ4v) is 4.70. The van der Waals surface area contributed by atoms with Crippen molar-refractivity contribution in [1.29, 1.82) is 0 Å². The van der Waals surface area contributed by atoms with Gasteiger partial charge in [-0.05, 0) is 40.0 Å². The van der Waals surface area contributed by atoms with Crippen LogP contribution < -0.4 is 15.2 Å². The molecule has 3 aromatic rings. The Balaban J connectivity index is 1.99. The van der Waals surface area contributed by atoms with Gasteiger partial charge in [-0.15, -0.1) is 11.3 Å². The summed E-state index contributed by atoms with van der Waals surface area (Å²) in [6.07, 6.45) is 2.40. The van der Waals surface area contributed by atoms with Gasteiger partial charge >= 0.3 is 0 Å². The van der Waals surface area contributed by atoms with Crippen LogP contribution in [-0.4, -0.2) is 26.3 Å². The molecule has 0 fully saturated rings. The van der Waals surface area contributed by atoms with Crippen molar-refractivity contribution >= 4 is 44.4 Å². The topological polar surface area (TPSA) is 73.9 Å². The highest BCUT2D eigenvalue weighted by Gasteiger charge is 2.19. The van der Waals surface area contributed by atoms with Crippen LogP contribution in [0.25, 0.3) is 0 Å². The number of ether oxygens (including phenoxy) is 2. The molecule has 0 atom stereocenters. The molecule has 1 amide bonds. The van der Waals surface area contributed by atoms with Gasteiger partial charge in [-0.3, -0.25) is 4.79 Å². The Kier molecular flexibility index (Phi) is 6.71. The van der Waals surface area contributed by atoms with E-state index in [1.165, 1.54) is 16.9 Å². The Morgan fingerprint density at radius 1 is 1.17 bits per heavy atom. The maximum absolute atomic E-state index is 12.1. The summed E-state index contributed by atoms with van der Waals surface area (Å²) in [6.45, 7) is 1.92. The first kappa shape index (κ1) is 21.1. The molecule has 0 aliphatic carbocycles. The van der Waals surface area contributed by atoms with E-state index in [2.05, 4.69) is 33.1 Å². The molecule has 0 aliphatic heterocycles. The van der Waals surface area contributed by atoms with Crippen LogP contribution >= 0.6 is 27.3 Å². The van der Waals surface area contributed by atoms with E-state index in [0.29, 0.717) is 22.1 Å². The average Bonchev–Trinajstić information content (AvgIpc) is 3.02. The molecular formula is C22H21BrN2O3S. The second-order valence-corrected chi connectivity index (χ2v) is 8.28. The van der Waals surface area contributed by atoms with E-state index < -0.39 is 5.91 Å². The minimum Gasteiger partial charge on any atom is -0.496 e. The average molecular weight is 473 g/mol. The molecule has 0 saturated carbocycles. The highest BCUT2D eigenvalue weighted by Crippen LogP contribution is 2.37. The number of nitrogens with two attached hydrogens (primary N) is 1. The molecule has 2 N–H and O–H groups in total. The molecule has 3 rings (SSSR count). The normalized spacial score (nSPS) is 11.0. The van der Waals surface area contributed by atoms with Gasteiger partial charge in [0, 0.05) is 29.1 Å². The molecule has 0 unspecified atom stereocenters. The number of methoxy groups -OCH3 is 2. The third-order valence-corrected chi connectivity index (χ3v) is 6.33. The van der Waals surface area contributed by atoms with Gasteiger partial charge in [0.15, 0.2) is 0 Å². The van der Waals surface area contributed by atoms with Crippen molar-refractivity contribution in [2.45, 2.75) is 13.3 Å². The molecular weight excluding hydrogens is 452 g/mol. The number of carbonyl (C=O) groups excluding carboxylic acids is 1. The van der Waals surface area contributed by atoms with E-state index in [-0.39, 0.29) is 0 Å². The van der Waals surface area contributed by atoms with Gasteiger partial charge in [-0.1, -0.05) is 30.3 Å². The fraction of sp³-hybridized carbons (Fsp3) is 0.182. The van der Waals surface area contributed by atoms with Crippen molar-refractivity contribution in [1.82, 2.24) is 0 Å². The third kappa shape index (κ3) is 4.68. The summed E-state index contributed by atoms with van der Waals surface area (Å²) in [5.41, 5.74) is 8.92. The van der Waals surface area contributed by atoms with Crippen molar-refractivity contribution in [2.75, 3.05) is 14.2 Å². The lowest BCUT2D eigenvalue weighted by Crippen LogP contribution is -2.11. The number of rotatable bonds is 7. The Hall–Kier alpha value is -2.64. The second-order valence-electron chi connectivity index (χ2n) is 6.34. The van der Waals surface area contributed by atoms with Crippen molar-refractivity contribution < 1.29 is 14.3 Å². The number of hydrogen-bond acceptors (Lipinski definition) is 5. The molecule has 0 saturated heterocycles. The minimum absolute atomic E-state index is 0.462. The van der Waals surface area contributed by atoms with Crippen molar-refractivity contribution in [3.8, 4) is 11.5 Å².